The Morgan fingerprint density at radius 2 is 2.28 bits per heavy atom. The van der Waals surface area contributed by atoms with Crippen molar-refractivity contribution in [2.45, 2.75) is 24.2 Å². The monoisotopic (exact) mass is 265 g/mol. The van der Waals surface area contributed by atoms with Crippen LogP contribution in [0.4, 0.5) is 0 Å². The maximum absolute atomic E-state index is 12.3. The van der Waals surface area contributed by atoms with Gasteiger partial charge in [-0.2, -0.15) is 5.26 Å². The average Bonchev–Trinajstić information content (AvgIpc) is 2.33. The van der Waals surface area contributed by atoms with Gasteiger partial charge in [0.1, 0.15) is 11.0 Å². The summed E-state index contributed by atoms with van der Waals surface area (Å²) in [4.78, 5) is 3.79. The molecule has 1 aliphatic rings. The van der Waals surface area contributed by atoms with E-state index in [0.29, 0.717) is 12.5 Å². The Labute approximate surface area is 107 Å². The molecule has 5 nitrogen and oxygen atoms in total. The largest absolute Gasteiger partial charge is 0.245 e. The summed E-state index contributed by atoms with van der Waals surface area (Å²) >= 11 is 0. The Balaban J connectivity index is 2.26. The zero-order valence-corrected chi connectivity index (χ0v) is 11.0. The van der Waals surface area contributed by atoms with Crippen LogP contribution in [-0.2, 0) is 10.0 Å². The van der Waals surface area contributed by atoms with Crippen molar-refractivity contribution in [3.63, 3.8) is 0 Å². The van der Waals surface area contributed by atoms with E-state index in [-0.39, 0.29) is 10.6 Å². The van der Waals surface area contributed by atoms with Gasteiger partial charge in [0.2, 0.25) is 10.0 Å². The third-order valence-corrected chi connectivity index (χ3v) is 5.16. The number of hydrogen-bond acceptors (Lipinski definition) is 4. The molecule has 0 aliphatic heterocycles. The van der Waals surface area contributed by atoms with E-state index in [9.17, 15) is 8.42 Å². The molecule has 0 amide bonds. The topological polar surface area (TPSA) is 74.1 Å². The number of nitriles is 1. The van der Waals surface area contributed by atoms with Crippen molar-refractivity contribution in [1.82, 2.24) is 9.29 Å². The highest BCUT2D eigenvalue weighted by molar-refractivity contribution is 7.89. The molecule has 1 fully saturated rings. The minimum Gasteiger partial charge on any atom is -0.244 e. The molecule has 0 bridgehead atoms. The van der Waals surface area contributed by atoms with E-state index in [1.807, 2.05) is 6.07 Å². The number of hydrogen-bond donors (Lipinski definition) is 0. The van der Waals surface area contributed by atoms with Gasteiger partial charge in [0, 0.05) is 19.8 Å². The lowest BCUT2D eigenvalue weighted by Gasteiger charge is -2.29. The van der Waals surface area contributed by atoms with Crippen molar-refractivity contribution < 1.29 is 8.42 Å². The summed E-state index contributed by atoms with van der Waals surface area (Å²) in [6.07, 6.45) is 4.76. The van der Waals surface area contributed by atoms with Gasteiger partial charge >= 0.3 is 0 Å². The lowest BCUT2D eigenvalue weighted by molar-refractivity contribution is 0.263. The van der Waals surface area contributed by atoms with E-state index in [4.69, 9.17) is 5.26 Å². The van der Waals surface area contributed by atoms with Crippen LogP contribution in [0.3, 0.4) is 0 Å². The molecule has 1 aromatic heterocycles. The van der Waals surface area contributed by atoms with Crippen LogP contribution in [0.2, 0.25) is 0 Å². The lowest BCUT2D eigenvalue weighted by atomic mass is 9.86. The molecule has 1 saturated carbocycles. The van der Waals surface area contributed by atoms with Gasteiger partial charge in [0.05, 0.1) is 0 Å². The van der Waals surface area contributed by atoms with Crippen molar-refractivity contribution in [3.8, 4) is 6.07 Å². The van der Waals surface area contributed by atoms with Crippen LogP contribution >= 0.6 is 0 Å². The van der Waals surface area contributed by atoms with Gasteiger partial charge in [0.15, 0.2) is 5.69 Å². The second kappa shape index (κ2) is 5.04. The number of rotatable bonds is 4. The maximum Gasteiger partial charge on any atom is 0.245 e. The van der Waals surface area contributed by atoms with Gasteiger partial charge in [-0.05, 0) is 30.9 Å². The number of nitrogens with zero attached hydrogens (tertiary/aromatic N) is 3. The standard InChI is InChI=1S/C12H15N3O2S/c1-15(9-10-4-2-5-10)18(16,17)12-6-3-7-14-11(12)8-13/h3,6-7,10H,2,4-5,9H2,1H3. The first-order chi connectivity index (χ1) is 8.55. The fourth-order valence-electron chi connectivity index (χ4n) is 1.99. The third kappa shape index (κ3) is 2.37. The first kappa shape index (κ1) is 13.0. The molecule has 2 rings (SSSR count). The highest BCUT2D eigenvalue weighted by atomic mass is 32.2. The second-order valence-electron chi connectivity index (χ2n) is 4.54. The Bertz CT molecular complexity index is 573. The van der Waals surface area contributed by atoms with E-state index in [1.54, 1.807) is 7.05 Å². The number of pyridine rings is 1. The fraction of sp³-hybridized carbons (Fsp3) is 0.500. The van der Waals surface area contributed by atoms with E-state index in [1.165, 1.54) is 29.1 Å². The molecule has 1 aromatic rings. The summed E-state index contributed by atoms with van der Waals surface area (Å²) in [5.74, 6) is 0.451. The summed E-state index contributed by atoms with van der Waals surface area (Å²) in [7, 11) is -2.05. The first-order valence-corrected chi connectivity index (χ1v) is 7.31. The molecular weight excluding hydrogens is 250 g/mol. The zero-order valence-electron chi connectivity index (χ0n) is 10.2. The third-order valence-electron chi connectivity index (χ3n) is 3.30. The van der Waals surface area contributed by atoms with Gasteiger partial charge < -0.3 is 0 Å². The van der Waals surface area contributed by atoms with Crippen LogP contribution in [0.15, 0.2) is 23.2 Å². The minimum atomic E-state index is -3.60. The Hall–Kier alpha value is -1.45. The SMILES string of the molecule is CN(CC1CCC1)S(=O)(=O)c1cccnc1C#N. The van der Waals surface area contributed by atoms with Crippen LogP contribution in [0.25, 0.3) is 0 Å². The van der Waals surface area contributed by atoms with E-state index in [0.717, 1.165) is 12.8 Å². The van der Waals surface area contributed by atoms with Gasteiger partial charge in [0.25, 0.3) is 0 Å². The number of aromatic nitrogens is 1. The first-order valence-electron chi connectivity index (χ1n) is 5.87. The second-order valence-corrected chi connectivity index (χ2v) is 6.56. The van der Waals surface area contributed by atoms with Crippen LogP contribution in [0, 0.1) is 17.2 Å². The van der Waals surface area contributed by atoms with Crippen LogP contribution < -0.4 is 0 Å². The van der Waals surface area contributed by atoms with E-state index in [2.05, 4.69) is 4.98 Å². The van der Waals surface area contributed by atoms with Crippen LogP contribution in [0.1, 0.15) is 25.0 Å². The summed E-state index contributed by atoms with van der Waals surface area (Å²) in [6.45, 7) is 0.516. The number of sulfonamides is 1. The molecule has 18 heavy (non-hydrogen) atoms. The Morgan fingerprint density at radius 1 is 1.56 bits per heavy atom. The summed E-state index contributed by atoms with van der Waals surface area (Å²) in [6, 6.07) is 4.78. The Morgan fingerprint density at radius 3 is 2.83 bits per heavy atom. The van der Waals surface area contributed by atoms with Gasteiger partial charge in [-0.15, -0.1) is 0 Å². The predicted molar refractivity (Wildman–Crippen MR) is 66.1 cm³/mol. The normalized spacial score (nSPS) is 16.3. The highest BCUT2D eigenvalue weighted by Gasteiger charge is 2.28. The van der Waals surface area contributed by atoms with Crippen molar-refractivity contribution in [3.05, 3.63) is 24.0 Å². The van der Waals surface area contributed by atoms with E-state index < -0.39 is 10.0 Å². The quantitative estimate of drug-likeness (QED) is 0.824. The lowest BCUT2D eigenvalue weighted by Crippen LogP contribution is -2.34. The molecule has 0 radical (unpaired) electrons. The molecule has 0 saturated heterocycles. The van der Waals surface area contributed by atoms with Gasteiger partial charge in [-0.3, -0.25) is 0 Å². The predicted octanol–water partition coefficient (Wildman–Crippen LogP) is 1.37. The minimum absolute atomic E-state index is 0.00526. The molecule has 0 unspecified atom stereocenters. The molecule has 96 valence electrons. The molecule has 1 aliphatic carbocycles. The molecule has 6 heteroatoms. The molecule has 1 heterocycles. The molecular formula is C12H15N3O2S. The van der Waals surface area contributed by atoms with Crippen LogP contribution in [-0.4, -0.2) is 31.3 Å². The molecule has 0 N–H and O–H groups in total. The molecule has 0 atom stereocenters. The summed E-state index contributed by atoms with van der Waals surface area (Å²) in [5, 5.41) is 8.91. The summed E-state index contributed by atoms with van der Waals surface area (Å²) < 4.78 is 26.0. The highest BCUT2D eigenvalue weighted by Crippen LogP contribution is 2.28. The van der Waals surface area contributed by atoms with Crippen molar-refractivity contribution in [1.29, 1.82) is 5.26 Å². The van der Waals surface area contributed by atoms with Gasteiger partial charge in [-0.1, -0.05) is 6.42 Å². The van der Waals surface area contributed by atoms with Gasteiger partial charge in [-0.25, -0.2) is 17.7 Å². The van der Waals surface area contributed by atoms with E-state index >= 15 is 0 Å². The average molecular weight is 265 g/mol. The van der Waals surface area contributed by atoms with Crippen LogP contribution in [0.5, 0.6) is 0 Å². The summed E-state index contributed by atoms with van der Waals surface area (Å²) in [5.41, 5.74) is -0.0436. The molecule has 0 aromatic carbocycles. The smallest absolute Gasteiger partial charge is 0.244 e. The van der Waals surface area contributed by atoms with Crippen molar-refractivity contribution in [2.75, 3.05) is 13.6 Å². The maximum atomic E-state index is 12.3. The zero-order chi connectivity index (χ0) is 13.2. The van der Waals surface area contributed by atoms with Crippen molar-refractivity contribution in [2.24, 2.45) is 5.92 Å². The van der Waals surface area contributed by atoms with Crippen molar-refractivity contribution >= 4 is 10.0 Å². The Kier molecular flexibility index (Phi) is 3.64. The molecule has 0 spiro atoms. The fourth-order valence-corrected chi connectivity index (χ4v) is 3.32.